The van der Waals surface area contributed by atoms with Gasteiger partial charge in [-0.15, -0.1) is 0 Å². The SMILES string of the molecule is NC(=O)c1ccc(Cn2c(-c3ccccn3)noc2=O)cc1. The number of aromatic nitrogens is 3. The highest BCUT2D eigenvalue weighted by molar-refractivity contribution is 5.92. The largest absolute Gasteiger partial charge is 0.442 e. The summed E-state index contributed by atoms with van der Waals surface area (Å²) < 4.78 is 6.10. The summed E-state index contributed by atoms with van der Waals surface area (Å²) in [6.45, 7) is 0.257. The number of nitrogens with two attached hydrogens (primary N) is 1. The van der Waals surface area contributed by atoms with Gasteiger partial charge >= 0.3 is 5.76 Å². The van der Waals surface area contributed by atoms with Crippen molar-refractivity contribution in [1.82, 2.24) is 14.7 Å². The third kappa shape index (κ3) is 2.64. The van der Waals surface area contributed by atoms with E-state index in [0.29, 0.717) is 17.1 Å². The zero-order valence-corrected chi connectivity index (χ0v) is 11.5. The molecule has 1 aromatic carbocycles. The predicted molar refractivity (Wildman–Crippen MR) is 78.1 cm³/mol. The van der Waals surface area contributed by atoms with Crippen LogP contribution in [0.5, 0.6) is 0 Å². The van der Waals surface area contributed by atoms with Crippen molar-refractivity contribution in [2.75, 3.05) is 0 Å². The minimum absolute atomic E-state index is 0.257. The molecule has 0 aliphatic carbocycles. The zero-order valence-electron chi connectivity index (χ0n) is 11.5. The second kappa shape index (κ2) is 5.65. The molecule has 110 valence electrons. The molecule has 0 unspecified atom stereocenters. The smallest absolute Gasteiger partial charge is 0.366 e. The molecule has 2 aromatic heterocycles. The van der Waals surface area contributed by atoms with Gasteiger partial charge in [0.1, 0.15) is 5.69 Å². The lowest BCUT2D eigenvalue weighted by atomic mass is 10.1. The van der Waals surface area contributed by atoms with Gasteiger partial charge in [0.25, 0.3) is 0 Å². The first-order valence-corrected chi connectivity index (χ1v) is 6.52. The molecule has 0 spiro atoms. The van der Waals surface area contributed by atoms with Crippen molar-refractivity contribution in [3.63, 3.8) is 0 Å². The van der Waals surface area contributed by atoms with Gasteiger partial charge in [0.2, 0.25) is 11.7 Å². The quantitative estimate of drug-likeness (QED) is 0.774. The normalized spacial score (nSPS) is 10.5. The van der Waals surface area contributed by atoms with Crippen LogP contribution in [-0.2, 0) is 6.54 Å². The molecule has 22 heavy (non-hydrogen) atoms. The number of pyridine rings is 1. The molecule has 7 heteroatoms. The van der Waals surface area contributed by atoms with Crippen LogP contribution >= 0.6 is 0 Å². The van der Waals surface area contributed by atoms with Crippen LogP contribution in [0, 0.1) is 0 Å². The van der Waals surface area contributed by atoms with Gasteiger partial charge < -0.3 is 5.73 Å². The Kier molecular flexibility index (Phi) is 3.53. The van der Waals surface area contributed by atoms with Crippen molar-refractivity contribution < 1.29 is 9.32 Å². The van der Waals surface area contributed by atoms with Gasteiger partial charge in [-0.3, -0.25) is 18.9 Å². The highest BCUT2D eigenvalue weighted by Crippen LogP contribution is 2.14. The Labute approximate surface area is 125 Å². The summed E-state index contributed by atoms with van der Waals surface area (Å²) in [6, 6.07) is 12.0. The van der Waals surface area contributed by atoms with Crippen molar-refractivity contribution >= 4 is 5.91 Å². The van der Waals surface area contributed by atoms with Crippen LogP contribution in [0.4, 0.5) is 0 Å². The van der Waals surface area contributed by atoms with Gasteiger partial charge in [-0.2, -0.15) is 0 Å². The molecule has 0 saturated heterocycles. The number of hydrogen-bond donors (Lipinski definition) is 1. The summed E-state index contributed by atoms with van der Waals surface area (Å²) in [7, 11) is 0. The summed E-state index contributed by atoms with van der Waals surface area (Å²) in [6.07, 6.45) is 1.61. The lowest BCUT2D eigenvalue weighted by Gasteiger charge is -2.05. The Morgan fingerprint density at radius 1 is 1.18 bits per heavy atom. The van der Waals surface area contributed by atoms with Crippen LogP contribution in [0.15, 0.2) is 58.0 Å². The van der Waals surface area contributed by atoms with Gasteiger partial charge in [-0.25, -0.2) is 4.79 Å². The standard InChI is InChI=1S/C15H12N4O3/c16-13(20)11-6-4-10(5-7-11)9-19-14(18-22-15(19)21)12-3-1-2-8-17-12/h1-8H,9H2,(H2,16,20). The second-order valence-electron chi connectivity index (χ2n) is 4.63. The van der Waals surface area contributed by atoms with E-state index in [9.17, 15) is 9.59 Å². The number of rotatable bonds is 4. The van der Waals surface area contributed by atoms with Crippen LogP contribution in [0.2, 0.25) is 0 Å². The highest BCUT2D eigenvalue weighted by atomic mass is 16.5. The Balaban J connectivity index is 1.94. The first-order chi connectivity index (χ1) is 10.6. The Hall–Kier alpha value is -3.22. The Morgan fingerprint density at radius 3 is 2.59 bits per heavy atom. The van der Waals surface area contributed by atoms with Crippen LogP contribution in [-0.4, -0.2) is 20.6 Å². The Bertz CT molecular complexity index is 850. The number of carbonyl (C=O) groups is 1. The molecule has 2 heterocycles. The van der Waals surface area contributed by atoms with E-state index in [4.69, 9.17) is 10.3 Å². The summed E-state index contributed by atoms with van der Waals surface area (Å²) in [5, 5.41) is 3.77. The molecular weight excluding hydrogens is 284 g/mol. The predicted octanol–water partition coefficient (Wildman–Crippen LogP) is 1.05. The van der Waals surface area contributed by atoms with Gasteiger partial charge in [0.15, 0.2) is 0 Å². The average molecular weight is 296 g/mol. The molecule has 0 bridgehead atoms. The van der Waals surface area contributed by atoms with E-state index in [-0.39, 0.29) is 6.54 Å². The summed E-state index contributed by atoms with van der Waals surface area (Å²) in [5.41, 5.74) is 6.96. The fourth-order valence-corrected chi connectivity index (χ4v) is 2.04. The van der Waals surface area contributed by atoms with Crippen LogP contribution < -0.4 is 11.5 Å². The highest BCUT2D eigenvalue weighted by Gasteiger charge is 2.14. The first-order valence-electron chi connectivity index (χ1n) is 6.52. The summed E-state index contributed by atoms with van der Waals surface area (Å²) >= 11 is 0. The van der Waals surface area contributed by atoms with E-state index in [1.807, 2.05) is 0 Å². The van der Waals surface area contributed by atoms with Crippen molar-refractivity contribution in [3.05, 3.63) is 70.3 Å². The van der Waals surface area contributed by atoms with Crippen LogP contribution in [0.1, 0.15) is 15.9 Å². The average Bonchev–Trinajstić information content (AvgIpc) is 2.90. The van der Waals surface area contributed by atoms with E-state index in [0.717, 1.165) is 5.56 Å². The second-order valence-corrected chi connectivity index (χ2v) is 4.63. The van der Waals surface area contributed by atoms with E-state index in [1.165, 1.54) is 4.57 Å². The van der Waals surface area contributed by atoms with E-state index in [2.05, 4.69) is 10.1 Å². The third-order valence-corrected chi connectivity index (χ3v) is 3.16. The van der Waals surface area contributed by atoms with Gasteiger partial charge in [-0.05, 0) is 29.8 Å². The molecule has 0 radical (unpaired) electrons. The van der Waals surface area contributed by atoms with E-state index < -0.39 is 11.7 Å². The minimum atomic E-state index is -0.570. The van der Waals surface area contributed by atoms with Gasteiger partial charge in [-0.1, -0.05) is 23.4 Å². The Morgan fingerprint density at radius 2 is 1.95 bits per heavy atom. The minimum Gasteiger partial charge on any atom is -0.366 e. The summed E-state index contributed by atoms with van der Waals surface area (Å²) in [4.78, 5) is 27.0. The molecular formula is C15H12N4O3. The number of hydrogen-bond acceptors (Lipinski definition) is 5. The fraction of sp³-hybridized carbons (Fsp3) is 0.0667. The molecule has 2 N–H and O–H groups in total. The maximum Gasteiger partial charge on any atom is 0.442 e. The molecule has 0 saturated carbocycles. The monoisotopic (exact) mass is 296 g/mol. The number of amides is 1. The number of nitrogens with zero attached hydrogens (tertiary/aromatic N) is 3. The summed E-state index contributed by atoms with van der Waals surface area (Å²) in [5.74, 6) is -0.716. The maximum absolute atomic E-state index is 11.8. The topological polar surface area (TPSA) is 104 Å². The van der Waals surface area contributed by atoms with Gasteiger partial charge in [0.05, 0.1) is 6.54 Å². The van der Waals surface area contributed by atoms with Crippen molar-refractivity contribution in [2.45, 2.75) is 6.54 Å². The van der Waals surface area contributed by atoms with E-state index in [1.54, 1.807) is 48.7 Å². The molecule has 3 rings (SSSR count). The molecule has 0 fully saturated rings. The molecule has 1 amide bonds. The van der Waals surface area contributed by atoms with Crippen LogP contribution in [0.25, 0.3) is 11.5 Å². The molecule has 0 atom stereocenters. The fourth-order valence-electron chi connectivity index (χ4n) is 2.04. The van der Waals surface area contributed by atoms with Crippen molar-refractivity contribution in [2.24, 2.45) is 5.73 Å². The molecule has 3 aromatic rings. The van der Waals surface area contributed by atoms with Gasteiger partial charge in [0, 0.05) is 11.8 Å². The zero-order chi connectivity index (χ0) is 15.5. The van der Waals surface area contributed by atoms with Crippen molar-refractivity contribution in [1.29, 1.82) is 0 Å². The first kappa shape index (κ1) is 13.7. The lowest BCUT2D eigenvalue weighted by Crippen LogP contribution is -2.17. The van der Waals surface area contributed by atoms with E-state index >= 15 is 0 Å². The molecule has 7 nitrogen and oxygen atoms in total. The number of primary amides is 1. The third-order valence-electron chi connectivity index (χ3n) is 3.16. The van der Waals surface area contributed by atoms with Crippen LogP contribution in [0.3, 0.4) is 0 Å². The molecule has 0 aliphatic heterocycles. The molecule has 0 aliphatic rings. The maximum atomic E-state index is 11.8. The van der Waals surface area contributed by atoms with Crippen molar-refractivity contribution in [3.8, 4) is 11.5 Å². The lowest BCUT2D eigenvalue weighted by molar-refractivity contribution is 0.100. The number of benzene rings is 1. The number of carbonyl (C=O) groups excluding carboxylic acids is 1.